The molecule has 0 saturated heterocycles. The number of hydrogen-bond donors (Lipinski definition) is 1. The van der Waals surface area contributed by atoms with Crippen LogP contribution in [0.3, 0.4) is 0 Å². The summed E-state index contributed by atoms with van der Waals surface area (Å²) in [6.45, 7) is 12.9. The maximum Gasteiger partial charge on any atom is 0.154 e. The van der Waals surface area contributed by atoms with Crippen molar-refractivity contribution < 1.29 is 19.3 Å². The monoisotopic (exact) mass is 305 g/mol. The van der Waals surface area contributed by atoms with E-state index >= 15 is 0 Å². The minimum atomic E-state index is -0.437. The zero-order valence-corrected chi connectivity index (χ0v) is 14.3. The van der Waals surface area contributed by atoms with Crippen LogP contribution < -0.4 is 0 Å². The third-order valence-corrected chi connectivity index (χ3v) is 3.35. The van der Waals surface area contributed by atoms with Crippen molar-refractivity contribution in [3.63, 3.8) is 0 Å². The lowest BCUT2D eigenvalue weighted by atomic mass is 10.3. The van der Waals surface area contributed by atoms with Gasteiger partial charge in [-0.3, -0.25) is 0 Å². The van der Waals surface area contributed by atoms with E-state index in [4.69, 9.17) is 14.2 Å². The van der Waals surface area contributed by atoms with Crippen molar-refractivity contribution in [1.29, 1.82) is 0 Å². The molecular weight excluding hydrogens is 270 g/mol. The van der Waals surface area contributed by atoms with Crippen molar-refractivity contribution in [2.75, 3.05) is 46.1 Å². The summed E-state index contributed by atoms with van der Waals surface area (Å²) in [6.07, 6.45) is 2.85. The average Bonchev–Trinajstić information content (AvgIpc) is 2.48. The van der Waals surface area contributed by atoms with Gasteiger partial charge in [0.2, 0.25) is 0 Å². The number of hydrogen-bond acceptors (Lipinski definition) is 5. The summed E-state index contributed by atoms with van der Waals surface area (Å²) in [4.78, 5) is 2.18. The molecule has 5 nitrogen and oxygen atoms in total. The number of likely N-dealkylation sites (N-methyl/N-ethyl adjacent to an activating group) is 1. The molecule has 21 heavy (non-hydrogen) atoms. The Morgan fingerprint density at radius 1 is 0.952 bits per heavy atom. The van der Waals surface area contributed by atoms with Gasteiger partial charge in [-0.2, -0.15) is 0 Å². The molecule has 0 amide bonds. The highest BCUT2D eigenvalue weighted by Crippen LogP contribution is 1.99. The summed E-state index contributed by atoms with van der Waals surface area (Å²) < 4.78 is 16.4. The van der Waals surface area contributed by atoms with E-state index in [0.717, 1.165) is 26.1 Å². The Bertz CT molecular complexity index is 212. The van der Waals surface area contributed by atoms with Gasteiger partial charge < -0.3 is 24.2 Å². The Balaban J connectivity index is 3.41. The average molecular weight is 305 g/mol. The second kappa shape index (κ2) is 14.7. The molecule has 0 aromatic heterocycles. The largest absolute Gasteiger partial charge is 0.389 e. The van der Waals surface area contributed by atoms with Crippen molar-refractivity contribution in [2.45, 2.75) is 59.4 Å². The maximum atomic E-state index is 9.82. The molecule has 2 unspecified atom stereocenters. The van der Waals surface area contributed by atoms with Crippen LogP contribution in [0.1, 0.15) is 47.0 Å². The van der Waals surface area contributed by atoms with E-state index in [2.05, 4.69) is 25.7 Å². The predicted octanol–water partition coefficient (Wildman–Crippen LogP) is 2.28. The van der Waals surface area contributed by atoms with Crippen molar-refractivity contribution in [2.24, 2.45) is 0 Å². The fraction of sp³-hybridized carbons (Fsp3) is 1.00. The van der Waals surface area contributed by atoms with Gasteiger partial charge in [0.1, 0.15) is 0 Å². The molecule has 0 aromatic carbocycles. The molecular formula is C16H35NO4. The normalized spacial score (nSPS) is 14.6. The molecule has 0 rings (SSSR count). The van der Waals surface area contributed by atoms with Gasteiger partial charge >= 0.3 is 0 Å². The lowest BCUT2D eigenvalue weighted by Gasteiger charge is -2.21. The lowest BCUT2D eigenvalue weighted by molar-refractivity contribution is -0.141. The van der Waals surface area contributed by atoms with Crippen LogP contribution in [0.15, 0.2) is 0 Å². The van der Waals surface area contributed by atoms with Crippen LogP contribution in [-0.2, 0) is 14.2 Å². The Morgan fingerprint density at radius 3 is 2.24 bits per heavy atom. The van der Waals surface area contributed by atoms with Crippen LogP contribution in [0.4, 0.5) is 0 Å². The third kappa shape index (κ3) is 13.2. The molecule has 0 aromatic rings. The van der Waals surface area contributed by atoms with Crippen molar-refractivity contribution in [3.8, 4) is 0 Å². The molecule has 0 spiro atoms. The lowest BCUT2D eigenvalue weighted by Crippen LogP contribution is -2.35. The summed E-state index contributed by atoms with van der Waals surface area (Å²) in [6, 6.07) is 0. The summed E-state index contributed by atoms with van der Waals surface area (Å²) in [5.74, 6) is 0. The first kappa shape index (κ1) is 20.8. The highest BCUT2D eigenvalue weighted by molar-refractivity contribution is 4.61. The van der Waals surface area contributed by atoms with Gasteiger partial charge in [0.25, 0.3) is 0 Å². The summed E-state index contributed by atoms with van der Waals surface area (Å²) in [5, 5.41) is 9.82. The van der Waals surface area contributed by atoms with Gasteiger partial charge in [-0.25, -0.2) is 0 Å². The molecule has 0 aliphatic carbocycles. The van der Waals surface area contributed by atoms with Gasteiger partial charge in [-0.1, -0.05) is 33.6 Å². The molecule has 0 aliphatic heterocycles. The summed E-state index contributed by atoms with van der Waals surface area (Å²) >= 11 is 0. The summed E-state index contributed by atoms with van der Waals surface area (Å²) in [5.41, 5.74) is 0. The van der Waals surface area contributed by atoms with Gasteiger partial charge in [-0.05, 0) is 26.4 Å². The van der Waals surface area contributed by atoms with E-state index < -0.39 is 6.10 Å². The zero-order chi connectivity index (χ0) is 15.9. The van der Waals surface area contributed by atoms with E-state index in [1.54, 1.807) is 0 Å². The highest BCUT2D eigenvalue weighted by atomic mass is 16.7. The molecule has 0 saturated carbocycles. The molecule has 0 heterocycles. The molecule has 2 atom stereocenters. The molecule has 128 valence electrons. The van der Waals surface area contributed by atoms with Crippen molar-refractivity contribution >= 4 is 0 Å². The molecule has 5 heteroatoms. The summed E-state index contributed by atoms with van der Waals surface area (Å²) in [7, 11) is 0. The second-order valence-corrected chi connectivity index (χ2v) is 5.23. The van der Waals surface area contributed by atoms with E-state index in [-0.39, 0.29) is 6.29 Å². The Morgan fingerprint density at radius 2 is 1.62 bits per heavy atom. The minimum Gasteiger partial charge on any atom is -0.389 e. The third-order valence-electron chi connectivity index (χ3n) is 3.35. The van der Waals surface area contributed by atoms with E-state index in [1.807, 2.05) is 6.92 Å². The van der Waals surface area contributed by atoms with Crippen LogP contribution in [0.5, 0.6) is 0 Å². The van der Waals surface area contributed by atoms with Crippen LogP contribution in [0, 0.1) is 0 Å². The topological polar surface area (TPSA) is 51.2 Å². The number of aliphatic hydroxyl groups excluding tert-OH is 1. The Hall–Kier alpha value is -0.200. The zero-order valence-electron chi connectivity index (χ0n) is 14.3. The first-order chi connectivity index (χ1) is 10.1. The SMILES string of the molecule is CCCCCOC(C)OCCOCC(O)CN(CC)CC. The number of ether oxygens (including phenoxy) is 3. The van der Waals surface area contributed by atoms with Gasteiger partial charge in [0.05, 0.1) is 25.9 Å². The fourth-order valence-corrected chi connectivity index (χ4v) is 1.97. The Kier molecular flexibility index (Phi) is 14.6. The van der Waals surface area contributed by atoms with Gasteiger partial charge in [0, 0.05) is 13.2 Å². The Labute approximate surface area is 130 Å². The van der Waals surface area contributed by atoms with Crippen molar-refractivity contribution in [3.05, 3.63) is 0 Å². The molecule has 0 radical (unpaired) electrons. The first-order valence-corrected chi connectivity index (χ1v) is 8.35. The smallest absolute Gasteiger partial charge is 0.154 e. The van der Waals surface area contributed by atoms with Crippen LogP contribution >= 0.6 is 0 Å². The predicted molar refractivity (Wildman–Crippen MR) is 85.5 cm³/mol. The van der Waals surface area contributed by atoms with Gasteiger partial charge in [0.15, 0.2) is 6.29 Å². The second-order valence-electron chi connectivity index (χ2n) is 5.23. The maximum absolute atomic E-state index is 9.82. The minimum absolute atomic E-state index is 0.189. The van der Waals surface area contributed by atoms with Crippen LogP contribution in [0.25, 0.3) is 0 Å². The number of nitrogens with zero attached hydrogens (tertiary/aromatic N) is 1. The van der Waals surface area contributed by atoms with E-state index in [9.17, 15) is 5.11 Å². The molecule has 0 bridgehead atoms. The van der Waals surface area contributed by atoms with E-state index in [0.29, 0.717) is 26.4 Å². The fourth-order valence-electron chi connectivity index (χ4n) is 1.97. The van der Waals surface area contributed by atoms with Crippen LogP contribution in [-0.4, -0.2) is 68.5 Å². The first-order valence-electron chi connectivity index (χ1n) is 8.35. The van der Waals surface area contributed by atoms with Gasteiger partial charge in [-0.15, -0.1) is 0 Å². The van der Waals surface area contributed by atoms with E-state index in [1.165, 1.54) is 12.8 Å². The molecule has 0 fully saturated rings. The van der Waals surface area contributed by atoms with Crippen molar-refractivity contribution in [1.82, 2.24) is 4.90 Å². The number of unbranched alkanes of at least 4 members (excludes halogenated alkanes) is 2. The van der Waals surface area contributed by atoms with Crippen LogP contribution in [0.2, 0.25) is 0 Å². The molecule has 1 N–H and O–H groups in total. The standard InChI is InChI=1S/C16H35NO4/c1-5-8-9-10-20-15(4)21-12-11-19-14-16(18)13-17(6-2)7-3/h15-16,18H,5-14H2,1-4H3. The number of rotatable bonds is 15. The highest BCUT2D eigenvalue weighted by Gasteiger charge is 2.09. The number of aliphatic hydroxyl groups is 1. The molecule has 0 aliphatic rings. The quantitative estimate of drug-likeness (QED) is 0.371.